The first-order valence-corrected chi connectivity index (χ1v) is 11.4. The standard InChI is InChI=1S/C28H27NO7/c1-31-22-10-8-17(12-24(22)33-3)14-29-15-20-21(35-16-29)11-9-19-26(30)25(36-28(19)20)13-18-6-5-7-23(32-2)27(18)34-4/h5-13H,14-16H2,1-4H3. The molecule has 0 spiro atoms. The molecule has 3 aromatic rings. The van der Waals surface area contributed by atoms with Gasteiger partial charge in [-0.2, -0.15) is 0 Å². The molecule has 0 aromatic heterocycles. The van der Waals surface area contributed by atoms with Crippen LogP contribution in [0.5, 0.6) is 34.5 Å². The van der Waals surface area contributed by atoms with Crippen LogP contribution in [0, 0.1) is 0 Å². The molecule has 0 unspecified atom stereocenters. The average molecular weight is 490 g/mol. The minimum atomic E-state index is -0.185. The van der Waals surface area contributed by atoms with E-state index in [1.54, 1.807) is 46.6 Å². The van der Waals surface area contributed by atoms with Gasteiger partial charge in [0, 0.05) is 18.7 Å². The molecule has 36 heavy (non-hydrogen) atoms. The summed E-state index contributed by atoms with van der Waals surface area (Å²) in [5, 5.41) is 0. The van der Waals surface area contributed by atoms with Gasteiger partial charge in [0.25, 0.3) is 0 Å². The Morgan fingerprint density at radius 3 is 2.47 bits per heavy atom. The number of Topliss-reactive ketones (excluding diaryl/α,β-unsaturated/α-hetero) is 1. The third-order valence-electron chi connectivity index (χ3n) is 6.26. The molecule has 0 amide bonds. The second kappa shape index (κ2) is 9.83. The predicted octanol–water partition coefficient (Wildman–Crippen LogP) is 4.69. The van der Waals surface area contributed by atoms with Crippen molar-refractivity contribution >= 4 is 11.9 Å². The van der Waals surface area contributed by atoms with E-state index in [2.05, 4.69) is 4.90 Å². The van der Waals surface area contributed by atoms with Crippen LogP contribution in [0.15, 0.2) is 54.3 Å². The SMILES string of the molecule is COc1ccc(CN2COc3ccc4c(c3C2)OC(=Cc2cccc(OC)c2OC)C4=O)cc1OC. The van der Waals surface area contributed by atoms with Crippen molar-refractivity contribution in [1.29, 1.82) is 0 Å². The number of nitrogens with zero attached hydrogens (tertiary/aromatic N) is 1. The number of hydrogen-bond acceptors (Lipinski definition) is 8. The lowest BCUT2D eigenvalue weighted by atomic mass is 10.0. The molecular formula is C28H27NO7. The van der Waals surface area contributed by atoms with E-state index in [0.29, 0.717) is 65.4 Å². The van der Waals surface area contributed by atoms with Gasteiger partial charge in [0.05, 0.1) is 39.6 Å². The highest BCUT2D eigenvalue weighted by Crippen LogP contribution is 2.43. The monoisotopic (exact) mass is 489 g/mol. The van der Waals surface area contributed by atoms with Crippen molar-refractivity contribution in [3.05, 3.63) is 76.5 Å². The van der Waals surface area contributed by atoms with Crippen LogP contribution >= 0.6 is 0 Å². The van der Waals surface area contributed by atoms with Crippen molar-refractivity contribution in [3.8, 4) is 34.5 Å². The van der Waals surface area contributed by atoms with E-state index in [9.17, 15) is 4.79 Å². The number of allylic oxidation sites excluding steroid dienone is 1. The summed E-state index contributed by atoms with van der Waals surface area (Å²) in [6.07, 6.45) is 1.68. The maximum absolute atomic E-state index is 13.2. The lowest BCUT2D eigenvalue weighted by molar-refractivity contribution is 0.0872. The molecule has 2 heterocycles. The fourth-order valence-corrected chi connectivity index (χ4v) is 4.51. The highest BCUT2D eigenvalue weighted by Gasteiger charge is 2.34. The number of carbonyl (C=O) groups excluding carboxylic acids is 1. The second-order valence-electron chi connectivity index (χ2n) is 8.39. The third-order valence-corrected chi connectivity index (χ3v) is 6.26. The predicted molar refractivity (Wildman–Crippen MR) is 133 cm³/mol. The number of carbonyl (C=O) groups is 1. The zero-order valence-corrected chi connectivity index (χ0v) is 20.6. The smallest absolute Gasteiger partial charge is 0.231 e. The largest absolute Gasteiger partial charge is 0.493 e. The van der Waals surface area contributed by atoms with Gasteiger partial charge in [-0.15, -0.1) is 0 Å². The van der Waals surface area contributed by atoms with Gasteiger partial charge in [0.2, 0.25) is 5.78 Å². The zero-order chi connectivity index (χ0) is 25.2. The first-order valence-electron chi connectivity index (χ1n) is 11.4. The fourth-order valence-electron chi connectivity index (χ4n) is 4.51. The number of ketones is 1. The number of ether oxygens (including phenoxy) is 6. The average Bonchev–Trinajstić information content (AvgIpc) is 3.23. The Hall–Kier alpha value is -4.17. The van der Waals surface area contributed by atoms with Crippen molar-refractivity contribution in [3.63, 3.8) is 0 Å². The van der Waals surface area contributed by atoms with Crippen molar-refractivity contribution < 1.29 is 33.2 Å². The molecule has 8 heteroatoms. The Labute approximate surface area is 209 Å². The summed E-state index contributed by atoms with van der Waals surface area (Å²) in [5.41, 5.74) is 3.09. The molecule has 0 saturated heterocycles. The summed E-state index contributed by atoms with van der Waals surface area (Å²) in [6, 6.07) is 14.9. The van der Waals surface area contributed by atoms with Crippen LogP contribution in [-0.4, -0.2) is 45.9 Å². The van der Waals surface area contributed by atoms with E-state index < -0.39 is 0 Å². The molecule has 0 N–H and O–H groups in total. The summed E-state index contributed by atoms with van der Waals surface area (Å²) < 4.78 is 33.8. The number of benzene rings is 3. The number of hydrogen-bond donors (Lipinski definition) is 0. The van der Waals surface area contributed by atoms with E-state index in [0.717, 1.165) is 11.1 Å². The summed E-state index contributed by atoms with van der Waals surface area (Å²) in [4.78, 5) is 15.3. The maximum atomic E-state index is 13.2. The molecule has 2 aliphatic heterocycles. The van der Waals surface area contributed by atoms with Crippen LogP contribution in [0.4, 0.5) is 0 Å². The van der Waals surface area contributed by atoms with Crippen LogP contribution in [0.1, 0.15) is 27.0 Å². The molecule has 8 nitrogen and oxygen atoms in total. The first-order chi connectivity index (χ1) is 17.6. The van der Waals surface area contributed by atoms with Gasteiger partial charge in [0.1, 0.15) is 18.2 Å². The lowest BCUT2D eigenvalue weighted by Crippen LogP contribution is -2.31. The Balaban J connectivity index is 1.41. The summed E-state index contributed by atoms with van der Waals surface area (Å²) in [7, 11) is 6.36. The Bertz CT molecular complexity index is 1350. The van der Waals surface area contributed by atoms with Crippen LogP contribution in [0.3, 0.4) is 0 Å². The van der Waals surface area contributed by atoms with Gasteiger partial charge >= 0.3 is 0 Å². The number of methoxy groups -OCH3 is 4. The third kappa shape index (κ3) is 4.20. The van der Waals surface area contributed by atoms with Crippen molar-refractivity contribution in [1.82, 2.24) is 4.90 Å². The van der Waals surface area contributed by atoms with Crippen LogP contribution < -0.4 is 28.4 Å². The van der Waals surface area contributed by atoms with E-state index in [-0.39, 0.29) is 11.5 Å². The van der Waals surface area contributed by atoms with Gasteiger partial charge in [-0.3, -0.25) is 9.69 Å². The van der Waals surface area contributed by atoms with E-state index in [1.165, 1.54) is 0 Å². The normalized spacial score (nSPS) is 15.6. The summed E-state index contributed by atoms with van der Waals surface area (Å²) >= 11 is 0. The molecule has 0 radical (unpaired) electrons. The number of fused-ring (bicyclic) bond motifs is 3. The molecule has 0 bridgehead atoms. The fraction of sp³-hybridized carbons (Fsp3) is 0.250. The second-order valence-corrected chi connectivity index (χ2v) is 8.39. The molecule has 0 atom stereocenters. The van der Waals surface area contributed by atoms with E-state index >= 15 is 0 Å². The molecular weight excluding hydrogens is 462 g/mol. The van der Waals surface area contributed by atoms with Crippen LogP contribution in [-0.2, 0) is 13.1 Å². The minimum Gasteiger partial charge on any atom is -0.493 e. The van der Waals surface area contributed by atoms with E-state index in [4.69, 9.17) is 28.4 Å². The van der Waals surface area contributed by atoms with Gasteiger partial charge < -0.3 is 28.4 Å². The molecule has 0 fully saturated rings. The first kappa shape index (κ1) is 23.6. The Morgan fingerprint density at radius 1 is 0.917 bits per heavy atom. The van der Waals surface area contributed by atoms with Gasteiger partial charge in [0.15, 0.2) is 28.8 Å². The lowest BCUT2D eigenvalue weighted by Gasteiger charge is -2.29. The summed E-state index contributed by atoms with van der Waals surface area (Å²) in [6.45, 7) is 1.61. The van der Waals surface area contributed by atoms with Gasteiger partial charge in [-0.1, -0.05) is 18.2 Å². The Kier molecular flexibility index (Phi) is 6.43. The van der Waals surface area contributed by atoms with Crippen LogP contribution in [0.2, 0.25) is 0 Å². The highest BCUT2D eigenvalue weighted by atomic mass is 16.5. The molecule has 3 aromatic carbocycles. The number of para-hydroxylation sites is 1. The molecule has 0 aliphatic carbocycles. The molecule has 186 valence electrons. The highest BCUT2D eigenvalue weighted by molar-refractivity contribution is 6.15. The maximum Gasteiger partial charge on any atom is 0.231 e. The van der Waals surface area contributed by atoms with Crippen molar-refractivity contribution in [2.24, 2.45) is 0 Å². The Morgan fingerprint density at radius 2 is 1.72 bits per heavy atom. The van der Waals surface area contributed by atoms with Crippen molar-refractivity contribution in [2.45, 2.75) is 13.1 Å². The molecule has 0 saturated carbocycles. The molecule has 5 rings (SSSR count). The van der Waals surface area contributed by atoms with E-state index in [1.807, 2.05) is 36.4 Å². The molecule has 2 aliphatic rings. The number of rotatable bonds is 7. The topological polar surface area (TPSA) is 75.7 Å². The van der Waals surface area contributed by atoms with Crippen molar-refractivity contribution in [2.75, 3.05) is 35.2 Å². The summed E-state index contributed by atoms with van der Waals surface area (Å²) in [5.74, 6) is 3.74. The quantitative estimate of drug-likeness (QED) is 0.443. The van der Waals surface area contributed by atoms with Gasteiger partial charge in [-0.05, 0) is 42.0 Å². The van der Waals surface area contributed by atoms with Gasteiger partial charge in [-0.25, -0.2) is 0 Å². The minimum absolute atomic E-state index is 0.185. The zero-order valence-electron chi connectivity index (χ0n) is 20.6. The van der Waals surface area contributed by atoms with Crippen LogP contribution in [0.25, 0.3) is 6.08 Å².